The zero-order valence-electron chi connectivity index (χ0n) is 11.9. The Morgan fingerprint density at radius 2 is 2.18 bits per heavy atom. The number of methoxy groups -OCH3 is 1. The molecule has 1 aliphatic rings. The van der Waals surface area contributed by atoms with Crippen molar-refractivity contribution in [2.24, 2.45) is 11.8 Å². The van der Waals surface area contributed by atoms with Gasteiger partial charge < -0.3 is 15.0 Å². The summed E-state index contributed by atoms with van der Waals surface area (Å²) in [7, 11) is 1.79. The fourth-order valence-electron chi connectivity index (χ4n) is 2.60. The molecule has 1 fully saturated rings. The fourth-order valence-corrected chi connectivity index (χ4v) is 2.60. The molecule has 1 atom stereocenters. The van der Waals surface area contributed by atoms with E-state index in [9.17, 15) is 0 Å². The highest BCUT2D eigenvalue weighted by atomic mass is 16.5. The van der Waals surface area contributed by atoms with Gasteiger partial charge in [-0.05, 0) is 50.7 Å². The molecule has 1 unspecified atom stereocenters. The second-order valence-electron chi connectivity index (χ2n) is 5.69. The molecule has 3 nitrogen and oxygen atoms in total. The number of nitrogens with one attached hydrogen (secondary N) is 1. The first-order valence-electron chi connectivity index (χ1n) is 7.14. The maximum absolute atomic E-state index is 5.18. The highest BCUT2D eigenvalue weighted by Crippen LogP contribution is 2.14. The van der Waals surface area contributed by atoms with Gasteiger partial charge in [0, 0.05) is 20.2 Å². The molecule has 3 heteroatoms. The normalized spacial score (nSPS) is 20.6. The average Bonchev–Trinajstić information content (AvgIpc) is 2.78. The van der Waals surface area contributed by atoms with Crippen LogP contribution in [0.2, 0.25) is 0 Å². The maximum Gasteiger partial charge on any atom is 0.0589 e. The highest BCUT2D eigenvalue weighted by Gasteiger charge is 2.14. The quantitative estimate of drug-likeness (QED) is 0.669. The predicted molar refractivity (Wildman–Crippen MR) is 73.4 cm³/mol. The van der Waals surface area contributed by atoms with E-state index in [1.165, 1.54) is 45.4 Å². The molecular formula is C14H30N2O. The minimum atomic E-state index is 0.750. The summed E-state index contributed by atoms with van der Waals surface area (Å²) in [5.74, 6) is 1.68. The molecule has 0 radical (unpaired) electrons. The number of nitrogens with zero attached hydrogens (tertiary/aromatic N) is 1. The van der Waals surface area contributed by atoms with Crippen molar-refractivity contribution >= 4 is 0 Å². The first-order valence-corrected chi connectivity index (χ1v) is 7.14. The van der Waals surface area contributed by atoms with Gasteiger partial charge >= 0.3 is 0 Å². The molecule has 102 valence electrons. The van der Waals surface area contributed by atoms with Gasteiger partial charge in [0.15, 0.2) is 0 Å². The smallest absolute Gasteiger partial charge is 0.0589 e. The molecule has 1 aliphatic heterocycles. The van der Waals surface area contributed by atoms with Gasteiger partial charge in [-0.1, -0.05) is 13.8 Å². The van der Waals surface area contributed by atoms with E-state index in [4.69, 9.17) is 4.74 Å². The Kier molecular flexibility index (Phi) is 7.82. The third kappa shape index (κ3) is 7.02. The van der Waals surface area contributed by atoms with E-state index in [0.717, 1.165) is 25.0 Å². The molecule has 0 aromatic rings. The van der Waals surface area contributed by atoms with Crippen LogP contribution < -0.4 is 5.32 Å². The molecule has 17 heavy (non-hydrogen) atoms. The van der Waals surface area contributed by atoms with Gasteiger partial charge in [0.1, 0.15) is 0 Å². The summed E-state index contributed by atoms with van der Waals surface area (Å²) in [6.07, 6.45) is 4.10. The molecule has 1 rings (SSSR count). The van der Waals surface area contributed by atoms with Crippen molar-refractivity contribution < 1.29 is 4.74 Å². The molecule has 1 heterocycles. The minimum Gasteiger partial charge on any atom is -0.383 e. The van der Waals surface area contributed by atoms with E-state index in [2.05, 4.69) is 24.1 Å². The van der Waals surface area contributed by atoms with Crippen LogP contribution in [0.1, 0.15) is 33.1 Å². The van der Waals surface area contributed by atoms with Crippen molar-refractivity contribution in [3.8, 4) is 0 Å². The highest BCUT2D eigenvalue weighted by molar-refractivity contribution is 4.71. The van der Waals surface area contributed by atoms with Crippen molar-refractivity contribution in [2.75, 3.05) is 46.4 Å². The molecule has 0 aromatic heterocycles. The Labute approximate surface area is 107 Å². The predicted octanol–water partition coefficient (Wildman–Crippen LogP) is 1.98. The summed E-state index contributed by atoms with van der Waals surface area (Å²) in [4.78, 5) is 2.55. The van der Waals surface area contributed by atoms with Crippen molar-refractivity contribution in [3.05, 3.63) is 0 Å². The van der Waals surface area contributed by atoms with Gasteiger partial charge in [-0.2, -0.15) is 0 Å². The van der Waals surface area contributed by atoms with Crippen molar-refractivity contribution in [3.63, 3.8) is 0 Å². The van der Waals surface area contributed by atoms with Crippen LogP contribution in [0.15, 0.2) is 0 Å². The lowest BCUT2D eigenvalue weighted by Gasteiger charge is -2.24. The third-order valence-electron chi connectivity index (χ3n) is 3.48. The SMILES string of the molecule is COCCN(CCCC1CCNC1)CC(C)C. The summed E-state index contributed by atoms with van der Waals surface area (Å²) in [6, 6.07) is 0. The lowest BCUT2D eigenvalue weighted by molar-refractivity contribution is 0.138. The van der Waals surface area contributed by atoms with Crippen LogP contribution >= 0.6 is 0 Å². The van der Waals surface area contributed by atoms with Gasteiger partial charge in [-0.25, -0.2) is 0 Å². The zero-order chi connectivity index (χ0) is 12.5. The number of hydrogen-bond donors (Lipinski definition) is 1. The number of ether oxygens (including phenoxy) is 1. The van der Waals surface area contributed by atoms with Gasteiger partial charge in [0.2, 0.25) is 0 Å². The van der Waals surface area contributed by atoms with E-state index in [-0.39, 0.29) is 0 Å². The molecule has 0 spiro atoms. The molecule has 0 amide bonds. The largest absolute Gasteiger partial charge is 0.383 e. The summed E-state index contributed by atoms with van der Waals surface area (Å²) >= 11 is 0. The van der Waals surface area contributed by atoms with Crippen LogP contribution in [0.5, 0.6) is 0 Å². The summed E-state index contributed by atoms with van der Waals surface area (Å²) in [5, 5.41) is 3.44. The summed E-state index contributed by atoms with van der Waals surface area (Å²) < 4.78 is 5.18. The van der Waals surface area contributed by atoms with Crippen LogP contribution in [0, 0.1) is 11.8 Å². The van der Waals surface area contributed by atoms with Crippen LogP contribution in [0.4, 0.5) is 0 Å². The van der Waals surface area contributed by atoms with E-state index < -0.39 is 0 Å². The van der Waals surface area contributed by atoms with E-state index in [0.29, 0.717) is 0 Å². The molecule has 0 aliphatic carbocycles. The van der Waals surface area contributed by atoms with E-state index in [1.54, 1.807) is 7.11 Å². The second-order valence-corrected chi connectivity index (χ2v) is 5.69. The maximum atomic E-state index is 5.18. The van der Waals surface area contributed by atoms with E-state index >= 15 is 0 Å². The van der Waals surface area contributed by atoms with Gasteiger partial charge in [0.25, 0.3) is 0 Å². The molecule has 1 N–H and O–H groups in total. The minimum absolute atomic E-state index is 0.750. The molecule has 0 bridgehead atoms. The Hall–Kier alpha value is -0.120. The Balaban J connectivity index is 2.12. The van der Waals surface area contributed by atoms with Crippen LogP contribution in [0.3, 0.4) is 0 Å². The standard InChI is InChI=1S/C14H30N2O/c1-13(2)12-16(9-10-17-3)8-4-5-14-6-7-15-11-14/h13-15H,4-12H2,1-3H3. The first-order chi connectivity index (χ1) is 8.22. The van der Waals surface area contributed by atoms with Crippen molar-refractivity contribution in [1.82, 2.24) is 10.2 Å². The lowest BCUT2D eigenvalue weighted by Crippen LogP contribution is -2.32. The Morgan fingerprint density at radius 3 is 2.76 bits per heavy atom. The Bertz CT molecular complexity index is 179. The van der Waals surface area contributed by atoms with Crippen LogP contribution in [-0.4, -0.2) is 51.3 Å². The summed E-state index contributed by atoms with van der Waals surface area (Å²) in [6.45, 7) is 11.4. The topological polar surface area (TPSA) is 24.5 Å². The molecule has 0 aromatic carbocycles. The number of hydrogen-bond acceptors (Lipinski definition) is 3. The Morgan fingerprint density at radius 1 is 1.35 bits per heavy atom. The van der Waals surface area contributed by atoms with Crippen molar-refractivity contribution in [1.29, 1.82) is 0 Å². The molecule has 1 saturated heterocycles. The zero-order valence-corrected chi connectivity index (χ0v) is 11.9. The molecular weight excluding hydrogens is 212 g/mol. The monoisotopic (exact) mass is 242 g/mol. The third-order valence-corrected chi connectivity index (χ3v) is 3.48. The first kappa shape index (κ1) is 14.9. The number of rotatable bonds is 9. The molecule has 0 saturated carbocycles. The fraction of sp³-hybridized carbons (Fsp3) is 1.00. The second kappa shape index (κ2) is 8.90. The lowest BCUT2D eigenvalue weighted by atomic mass is 10.0. The van der Waals surface area contributed by atoms with Crippen LogP contribution in [-0.2, 0) is 4.74 Å². The van der Waals surface area contributed by atoms with Gasteiger partial charge in [0.05, 0.1) is 6.61 Å². The summed E-state index contributed by atoms with van der Waals surface area (Å²) in [5.41, 5.74) is 0. The van der Waals surface area contributed by atoms with Crippen LogP contribution in [0.25, 0.3) is 0 Å². The van der Waals surface area contributed by atoms with E-state index in [1.807, 2.05) is 0 Å². The van der Waals surface area contributed by atoms with Gasteiger partial charge in [-0.3, -0.25) is 0 Å². The van der Waals surface area contributed by atoms with Gasteiger partial charge in [-0.15, -0.1) is 0 Å². The van der Waals surface area contributed by atoms with Crippen molar-refractivity contribution in [2.45, 2.75) is 33.1 Å². The average molecular weight is 242 g/mol.